The Morgan fingerprint density at radius 1 is 1.25 bits per heavy atom. The van der Waals surface area contributed by atoms with Gasteiger partial charge in [-0.2, -0.15) is 11.3 Å². The molecule has 2 aromatic heterocycles. The molecule has 0 unspecified atom stereocenters. The molecule has 0 N–H and O–H groups in total. The smallest absolute Gasteiger partial charge is 0.166 e. The van der Waals surface area contributed by atoms with Crippen LogP contribution in [0.15, 0.2) is 44.9 Å². The fourth-order valence-electron chi connectivity index (χ4n) is 1.64. The number of thiazole rings is 1. The molecule has 0 saturated heterocycles. The van der Waals surface area contributed by atoms with Crippen molar-refractivity contribution in [2.45, 2.75) is 6.61 Å². The number of rotatable bonds is 4. The average molecular weight is 370 g/mol. The van der Waals surface area contributed by atoms with Crippen molar-refractivity contribution in [1.82, 2.24) is 4.98 Å². The zero-order chi connectivity index (χ0) is 13.9. The van der Waals surface area contributed by atoms with Crippen LogP contribution in [0.1, 0.15) is 5.69 Å². The number of aromatic nitrogens is 1. The van der Waals surface area contributed by atoms with Crippen LogP contribution in [0.3, 0.4) is 0 Å². The first kappa shape index (κ1) is 13.7. The standard InChI is InChI=1S/C14H9BrFNOS2/c15-10-1-2-13(12(16)5-10)18-6-11-8-20-14(17-11)9-3-4-19-7-9/h1-5,7-8H,6H2. The molecule has 0 saturated carbocycles. The van der Waals surface area contributed by atoms with E-state index in [4.69, 9.17) is 4.74 Å². The minimum absolute atomic E-state index is 0.235. The van der Waals surface area contributed by atoms with Crippen molar-refractivity contribution >= 4 is 38.6 Å². The van der Waals surface area contributed by atoms with E-state index in [1.807, 2.05) is 16.8 Å². The molecule has 0 amide bonds. The van der Waals surface area contributed by atoms with E-state index in [-0.39, 0.29) is 18.2 Å². The molecule has 2 heterocycles. The minimum Gasteiger partial charge on any atom is -0.484 e. The summed E-state index contributed by atoms with van der Waals surface area (Å²) in [5, 5.41) is 6.97. The molecule has 0 aliphatic rings. The topological polar surface area (TPSA) is 22.1 Å². The summed E-state index contributed by atoms with van der Waals surface area (Å²) in [6.07, 6.45) is 0. The van der Waals surface area contributed by atoms with Crippen LogP contribution in [0.2, 0.25) is 0 Å². The SMILES string of the molecule is Fc1cc(Br)ccc1OCc1csc(-c2ccsc2)n1. The van der Waals surface area contributed by atoms with Gasteiger partial charge in [-0.15, -0.1) is 11.3 Å². The van der Waals surface area contributed by atoms with Gasteiger partial charge in [-0.05, 0) is 29.6 Å². The molecule has 0 fully saturated rings. The van der Waals surface area contributed by atoms with Gasteiger partial charge in [-0.3, -0.25) is 0 Å². The van der Waals surface area contributed by atoms with Gasteiger partial charge >= 0.3 is 0 Å². The van der Waals surface area contributed by atoms with Crippen LogP contribution in [0.25, 0.3) is 10.6 Å². The van der Waals surface area contributed by atoms with E-state index in [0.717, 1.165) is 16.3 Å². The molecule has 0 spiro atoms. The van der Waals surface area contributed by atoms with Gasteiger partial charge in [-0.1, -0.05) is 15.9 Å². The monoisotopic (exact) mass is 369 g/mol. The predicted molar refractivity (Wildman–Crippen MR) is 83.9 cm³/mol. The number of halogens is 2. The minimum atomic E-state index is -0.382. The normalized spacial score (nSPS) is 10.7. The zero-order valence-electron chi connectivity index (χ0n) is 10.2. The van der Waals surface area contributed by atoms with E-state index in [9.17, 15) is 4.39 Å². The molecule has 0 radical (unpaired) electrons. The van der Waals surface area contributed by atoms with Gasteiger partial charge in [0.15, 0.2) is 11.6 Å². The molecular formula is C14H9BrFNOS2. The van der Waals surface area contributed by atoms with E-state index in [0.29, 0.717) is 4.47 Å². The number of thiophene rings is 1. The Hall–Kier alpha value is -1.24. The Kier molecular flexibility index (Phi) is 4.14. The van der Waals surface area contributed by atoms with Crippen LogP contribution in [0.5, 0.6) is 5.75 Å². The third-order valence-electron chi connectivity index (χ3n) is 2.59. The number of nitrogens with zero attached hydrogens (tertiary/aromatic N) is 1. The summed E-state index contributed by atoms with van der Waals surface area (Å²) in [6, 6.07) is 6.76. The van der Waals surface area contributed by atoms with Crippen LogP contribution in [0, 0.1) is 5.82 Å². The van der Waals surface area contributed by atoms with E-state index >= 15 is 0 Å². The molecule has 3 rings (SSSR count). The lowest BCUT2D eigenvalue weighted by atomic mass is 10.3. The van der Waals surface area contributed by atoms with Crippen LogP contribution in [-0.2, 0) is 6.61 Å². The first-order valence-corrected chi connectivity index (χ1v) is 8.39. The summed E-state index contributed by atoms with van der Waals surface area (Å²) in [7, 11) is 0. The van der Waals surface area contributed by atoms with Crippen molar-refractivity contribution in [3.05, 3.63) is 56.4 Å². The van der Waals surface area contributed by atoms with Crippen molar-refractivity contribution < 1.29 is 9.13 Å². The third-order valence-corrected chi connectivity index (χ3v) is 4.71. The van der Waals surface area contributed by atoms with E-state index < -0.39 is 0 Å². The molecular weight excluding hydrogens is 361 g/mol. The highest BCUT2D eigenvalue weighted by molar-refractivity contribution is 9.10. The van der Waals surface area contributed by atoms with Crippen LogP contribution in [0.4, 0.5) is 4.39 Å². The maximum absolute atomic E-state index is 13.6. The Morgan fingerprint density at radius 3 is 2.90 bits per heavy atom. The maximum atomic E-state index is 13.6. The number of hydrogen-bond acceptors (Lipinski definition) is 4. The Labute approximate surface area is 132 Å². The van der Waals surface area contributed by atoms with Gasteiger partial charge in [-0.25, -0.2) is 9.37 Å². The quantitative estimate of drug-likeness (QED) is 0.618. The van der Waals surface area contributed by atoms with Gasteiger partial charge in [0.25, 0.3) is 0 Å². The highest BCUT2D eigenvalue weighted by atomic mass is 79.9. The highest BCUT2D eigenvalue weighted by Crippen LogP contribution is 2.27. The summed E-state index contributed by atoms with van der Waals surface area (Å²) >= 11 is 6.41. The molecule has 0 aliphatic carbocycles. The molecule has 0 aliphatic heterocycles. The molecule has 0 bridgehead atoms. The third kappa shape index (κ3) is 3.08. The van der Waals surface area contributed by atoms with Crippen molar-refractivity contribution in [3.63, 3.8) is 0 Å². The second kappa shape index (κ2) is 6.03. The number of hydrogen-bond donors (Lipinski definition) is 0. The summed E-state index contributed by atoms with van der Waals surface area (Å²) in [6.45, 7) is 0.263. The number of ether oxygens (including phenoxy) is 1. The van der Waals surface area contributed by atoms with Gasteiger partial charge < -0.3 is 4.74 Å². The Morgan fingerprint density at radius 2 is 2.15 bits per heavy atom. The van der Waals surface area contributed by atoms with E-state index in [1.54, 1.807) is 34.8 Å². The van der Waals surface area contributed by atoms with Crippen LogP contribution in [-0.4, -0.2) is 4.98 Å². The average Bonchev–Trinajstić information content (AvgIpc) is 3.08. The van der Waals surface area contributed by atoms with Gasteiger partial charge in [0.1, 0.15) is 11.6 Å². The van der Waals surface area contributed by atoms with E-state index in [1.165, 1.54) is 6.07 Å². The highest BCUT2D eigenvalue weighted by Gasteiger charge is 2.08. The molecule has 0 atom stereocenters. The second-order valence-corrected chi connectivity index (χ2v) is 6.57. The lowest BCUT2D eigenvalue weighted by molar-refractivity contribution is 0.286. The lowest BCUT2D eigenvalue weighted by Gasteiger charge is -2.05. The summed E-state index contributed by atoms with van der Waals surface area (Å²) < 4.78 is 19.8. The van der Waals surface area contributed by atoms with Gasteiger partial charge in [0.2, 0.25) is 0 Å². The fourth-order valence-corrected chi connectivity index (χ4v) is 3.49. The zero-order valence-corrected chi connectivity index (χ0v) is 13.4. The van der Waals surface area contributed by atoms with Crippen molar-refractivity contribution in [3.8, 4) is 16.3 Å². The summed E-state index contributed by atoms with van der Waals surface area (Å²) in [5.74, 6) is -0.147. The van der Waals surface area contributed by atoms with Gasteiger partial charge in [0, 0.05) is 20.8 Å². The molecule has 1 aromatic carbocycles. The molecule has 102 valence electrons. The molecule has 2 nitrogen and oxygen atoms in total. The fraction of sp³-hybridized carbons (Fsp3) is 0.0714. The summed E-state index contributed by atoms with van der Waals surface area (Å²) in [4.78, 5) is 4.48. The Balaban J connectivity index is 1.70. The second-order valence-electron chi connectivity index (χ2n) is 4.02. The molecule has 6 heteroatoms. The van der Waals surface area contributed by atoms with Crippen molar-refractivity contribution in [1.29, 1.82) is 0 Å². The largest absolute Gasteiger partial charge is 0.484 e. The lowest BCUT2D eigenvalue weighted by Crippen LogP contribution is -1.97. The van der Waals surface area contributed by atoms with E-state index in [2.05, 4.69) is 26.3 Å². The predicted octanol–water partition coefficient (Wildman–Crippen LogP) is 5.35. The van der Waals surface area contributed by atoms with Gasteiger partial charge in [0.05, 0.1) is 5.69 Å². The maximum Gasteiger partial charge on any atom is 0.166 e. The first-order valence-electron chi connectivity index (χ1n) is 5.77. The first-order chi connectivity index (χ1) is 9.72. The molecule has 3 aromatic rings. The van der Waals surface area contributed by atoms with Crippen molar-refractivity contribution in [2.75, 3.05) is 0 Å². The summed E-state index contributed by atoms with van der Waals surface area (Å²) in [5.41, 5.74) is 1.92. The van der Waals surface area contributed by atoms with Crippen molar-refractivity contribution in [2.24, 2.45) is 0 Å². The van der Waals surface area contributed by atoms with Crippen LogP contribution < -0.4 is 4.74 Å². The van der Waals surface area contributed by atoms with Crippen LogP contribution >= 0.6 is 38.6 Å². The number of benzene rings is 1. The molecule has 20 heavy (non-hydrogen) atoms. The Bertz CT molecular complexity index is 712.